The molecule has 4 rings (SSSR count). The van der Waals surface area contributed by atoms with Crippen molar-refractivity contribution in [3.8, 4) is 11.3 Å². The molecule has 0 amide bonds. The highest BCUT2D eigenvalue weighted by atomic mass is 16.5. The Morgan fingerprint density at radius 1 is 0.970 bits per heavy atom. The molecule has 1 aromatic heterocycles. The molecule has 0 unspecified atom stereocenters. The summed E-state index contributed by atoms with van der Waals surface area (Å²) in [5, 5.41) is 0. The van der Waals surface area contributed by atoms with Crippen LogP contribution in [0.2, 0.25) is 0 Å². The van der Waals surface area contributed by atoms with Gasteiger partial charge in [0, 0.05) is 49.9 Å². The van der Waals surface area contributed by atoms with E-state index in [2.05, 4.69) is 64.8 Å². The Labute approximate surface area is 196 Å². The van der Waals surface area contributed by atoms with Gasteiger partial charge in [0.25, 0.3) is 0 Å². The summed E-state index contributed by atoms with van der Waals surface area (Å²) in [6.07, 6.45) is 4.94. The molecular weight excluding hydrogens is 412 g/mol. The predicted octanol–water partition coefficient (Wildman–Crippen LogP) is 5.23. The summed E-state index contributed by atoms with van der Waals surface area (Å²) in [5.74, 6) is 0.568. The molecule has 1 aliphatic rings. The van der Waals surface area contributed by atoms with Crippen LogP contribution in [0.5, 0.6) is 0 Å². The Morgan fingerprint density at radius 2 is 1.61 bits per heavy atom. The zero-order valence-electron chi connectivity index (χ0n) is 19.6. The normalized spacial score (nSPS) is 19.7. The maximum atomic E-state index is 11.3. The molecule has 1 saturated heterocycles. The summed E-state index contributed by atoms with van der Waals surface area (Å²) in [6, 6.07) is 21.9. The van der Waals surface area contributed by atoms with Crippen LogP contribution >= 0.6 is 0 Å². The molecule has 172 valence electrons. The second-order valence-corrected chi connectivity index (χ2v) is 8.84. The average Bonchev–Trinajstić information content (AvgIpc) is 3.36. The first-order chi connectivity index (χ1) is 16.0. The lowest BCUT2D eigenvalue weighted by atomic mass is 10.0. The van der Waals surface area contributed by atoms with Crippen molar-refractivity contribution in [1.29, 1.82) is 0 Å². The lowest BCUT2D eigenvalue weighted by molar-refractivity contribution is -0.134. The zero-order valence-corrected chi connectivity index (χ0v) is 19.6. The van der Waals surface area contributed by atoms with E-state index in [1.165, 1.54) is 24.3 Å². The quantitative estimate of drug-likeness (QED) is 0.369. The van der Waals surface area contributed by atoms with Crippen LogP contribution in [-0.2, 0) is 22.6 Å². The van der Waals surface area contributed by atoms with E-state index >= 15 is 0 Å². The molecule has 0 saturated carbocycles. The Bertz CT molecular complexity index is 1040. The van der Waals surface area contributed by atoms with Gasteiger partial charge in [0.15, 0.2) is 0 Å². The van der Waals surface area contributed by atoms with Gasteiger partial charge < -0.3 is 9.15 Å². The highest BCUT2D eigenvalue weighted by molar-refractivity contribution is 5.86. The van der Waals surface area contributed by atoms with Gasteiger partial charge in [0.2, 0.25) is 0 Å². The topological polar surface area (TPSA) is 45.9 Å². The number of carbonyl (C=O) groups is 1. The first kappa shape index (κ1) is 23.0. The molecule has 2 aromatic carbocycles. The Kier molecular flexibility index (Phi) is 7.43. The summed E-state index contributed by atoms with van der Waals surface area (Å²) >= 11 is 0. The third-order valence-electron chi connectivity index (χ3n) is 6.30. The van der Waals surface area contributed by atoms with Crippen molar-refractivity contribution in [2.75, 3.05) is 20.2 Å². The van der Waals surface area contributed by atoms with Crippen molar-refractivity contribution in [1.82, 2.24) is 9.80 Å². The second kappa shape index (κ2) is 10.6. The van der Waals surface area contributed by atoms with Crippen LogP contribution in [0.3, 0.4) is 0 Å². The average molecular weight is 445 g/mol. The van der Waals surface area contributed by atoms with Crippen LogP contribution in [0, 0.1) is 0 Å². The molecule has 1 aliphatic heterocycles. The Morgan fingerprint density at radius 3 is 2.21 bits per heavy atom. The van der Waals surface area contributed by atoms with Crippen molar-refractivity contribution in [2.45, 2.75) is 39.0 Å². The van der Waals surface area contributed by atoms with Gasteiger partial charge in [-0.3, -0.25) is 9.80 Å². The van der Waals surface area contributed by atoms with Gasteiger partial charge in [-0.15, -0.1) is 0 Å². The maximum Gasteiger partial charge on any atom is 0.330 e. The Balaban J connectivity index is 1.32. The molecule has 5 heteroatoms. The van der Waals surface area contributed by atoms with Crippen molar-refractivity contribution in [3.05, 3.63) is 89.7 Å². The molecule has 33 heavy (non-hydrogen) atoms. The molecule has 0 radical (unpaired) electrons. The van der Waals surface area contributed by atoms with E-state index in [9.17, 15) is 4.79 Å². The smallest absolute Gasteiger partial charge is 0.330 e. The van der Waals surface area contributed by atoms with Crippen LogP contribution in [0.15, 0.2) is 77.4 Å². The molecule has 5 nitrogen and oxygen atoms in total. The minimum absolute atomic E-state index is 0.340. The fourth-order valence-electron chi connectivity index (χ4n) is 4.56. The number of hydrogen-bond acceptors (Lipinski definition) is 5. The number of ether oxygens (including phenoxy) is 1. The van der Waals surface area contributed by atoms with E-state index in [0.717, 1.165) is 43.1 Å². The number of benzene rings is 2. The zero-order chi connectivity index (χ0) is 23.2. The van der Waals surface area contributed by atoms with Crippen molar-refractivity contribution in [2.24, 2.45) is 0 Å². The van der Waals surface area contributed by atoms with Gasteiger partial charge >= 0.3 is 5.97 Å². The largest absolute Gasteiger partial charge is 0.466 e. The molecule has 1 fully saturated rings. The predicted molar refractivity (Wildman–Crippen MR) is 131 cm³/mol. The number of furan rings is 1. The van der Waals surface area contributed by atoms with Crippen LogP contribution in [0.1, 0.15) is 30.5 Å². The third kappa shape index (κ3) is 6.01. The van der Waals surface area contributed by atoms with Crippen molar-refractivity contribution < 1.29 is 13.9 Å². The molecule has 2 atom stereocenters. The van der Waals surface area contributed by atoms with Crippen LogP contribution in [0.25, 0.3) is 17.4 Å². The summed E-state index contributed by atoms with van der Waals surface area (Å²) in [4.78, 5) is 16.4. The lowest BCUT2D eigenvalue weighted by Gasteiger charge is -2.44. The summed E-state index contributed by atoms with van der Waals surface area (Å²) in [6.45, 7) is 8.61. The number of hydrogen-bond donors (Lipinski definition) is 0. The maximum absolute atomic E-state index is 11.3. The van der Waals surface area contributed by atoms with Crippen molar-refractivity contribution in [3.63, 3.8) is 0 Å². The summed E-state index contributed by atoms with van der Waals surface area (Å²) in [5.41, 5.74) is 4.72. The van der Waals surface area contributed by atoms with Crippen LogP contribution in [-0.4, -0.2) is 48.1 Å². The van der Waals surface area contributed by atoms with E-state index in [-0.39, 0.29) is 5.97 Å². The molecule has 0 bridgehead atoms. The molecule has 0 N–H and O–H groups in total. The van der Waals surface area contributed by atoms with E-state index in [4.69, 9.17) is 4.42 Å². The number of rotatable bonds is 7. The number of methoxy groups -OCH3 is 1. The first-order valence-electron chi connectivity index (χ1n) is 11.5. The minimum atomic E-state index is -0.340. The van der Waals surface area contributed by atoms with Gasteiger partial charge in [-0.05, 0) is 48.7 Å². The molecular formula is C28H32N2O3. The van der Waals surface area contributed by atoms with Gasteiger partial charge in [0.05, 0.1) is 13.4 Å². The standard InChI is InChI=1S/C28H32N2O3/c1-21-17-29(19-24-10-13-26(14-11-24)27-5-4-16-33-27)18-22(2)30(21)20-25-8-6-23(7-9-25)12-15-28(31)32-3/h4-16,21-22H,17-20H2,1-3H3/t21-,22+. The number of piperazine rings is 1. The van der Waals surface area contributed by atoms with Crippen LogP contribution < -0.4 is 0 Å². The number of nitrogens with zero attached hydrogens (tertiary/aromatic N) is 2. The monoisotopic (exact) mass is 444 g/mol. The van der Waals surface area contributed by atoms with Gasteiger partial charge in [0.1, 0.15) is 5.76 Å². The molecule has 2 heterocycles. The SMILES string of the molecule is COC(=O)C=Cc1ccc(CN2[C@H](C)CN(Cc3ccc(-c4ccco4)cc3)C[C@@H]2C)cc1. The van der Waals surface area contributed by atoms with Crippen molar-refractivity contribution >= 4 is 12.0 Å². The second-order valence-electron chi connectivity index (χ2n) is 8.84. The van der Waals surface area contributed by atoms with Gasteiger partial charge in [-0.25, -0.2) is 4.79 Å². The van der Waals surface area contributed by atoms with E-state index in [1.807, 2.05) is 24.3 Å². The Hall–Kier alpha value is -3.15. The fourth-order valence-corrected chi connectivity index (χ4v) is 4.56. The van der Waals surface area contributed by atoms with E-state index < -0.39 is 0 Å². The van der Waals surface area contributed by atoms with E-state index in [1.54, 1.807) is 12.3 Å². The lowest BCUT2D eigenvalue weighted by Crippen LogP contribution is -2.55. The molecule has 0 spiro atoms. The highest BCUT2D eigenvalue weighted by Gasteiger charge is 2.29. The van der Waals surface area contributed by atoms with Gasteiger partial charge in [-0.2, -0.15) is 0 Å². The van der Waals surface area contributed by atoms with Gasteiger partial charge in [-0.1, -0.05) is 48.5 Å². The number of esters is 1. The third-order valence-corrected chi connectivity index (χ3v) is 6.30. The molecule has 0 aliphatic carbocycles. The summed E-state index contributed by atoms with van der Waals surface area (Å²) < 4.78 is 10.1. The first-order valence-corrected chi connectivity index (χ1v) is 11.5. The highest BCUT2D eigenvalue weighted by Crippen LogP contribution is 2.23. The van der Waals surface area contributed by atoms with E-state index in [0.29, 0.717) is 12.1 Å². The molecule has 3 aromatic rings. The number of carbonyl (C=O) groups excluding carboxylic acids is 1. The minimum Gasteiger partial charge on any atom is -0.466 e. The fraction of sp³-hybridized carbons (Fsp3) is 0.321. The van der Waals surface area contributed by atoms with Crippen LogP contribution in [0.4, 0.5) is 0 Å². The summed E-state index contributed by atoms with van der Waals surface area (Å²) in [7, 11) is 1.38.